The molecule has 0 aromatic heterocycles. The number of nitrogens with two attached hydrogens (primary N) is 1. The molecule has 0 saturated carbocycles. The summed E-state index contributed by atoms with van der Waals surface area (Å²) in [6.07, 6.45) is 0. The van der Waals surface area contributed by atoms with Gasteiger partial charge in [0.15, 0.2) is 0 Å². The fourth-order valence-corrected chi connectivity index (χ4v) is 2.14. The molecule has 2 N–H and O–H groups in total. The third kappa shape index (κ3) is 3.63. The van der Waals surface area contributed by atoms with Crippen molar-refractivity contribution >= 4 is 17.3 Å². The average molecular weight is 310 g/mol. The number of rotatable bonds is 4. The molecule has 2 rings (SSSR count). The predicted molar refractivity (Wildman–Crippen MR) is 84.5 cm³/mol. The Hall–Kier alpha value is -3.40. The molecule has 0 fully saturated rings. The first-order valence-corrected chi connectivity index (χ1v) is 6.71. The first kappa shape index (κ1) is 16.0. The molecule has 2 aromatic carbocycles. The smallest absolute Gasteiger partial charge is 0.292 e. The second-order valence-electron chi connectivity index (χ2n) is 5.00. The zero-order chi connectivity index (χ0) is 17.0. The molecule has 7 heteroatoms. The fraction of sp³-hybridized carbons (Fsp3) is 0.125. The van der Waals surface area contributed by atoms with Crippen LogP contribution in [0.5, 0.6) is 0 Å². The molecule has 0 heterocycles. The van der Waals surface area contributed by atoms with Crippen LogP contribution < -0.4 is 5.73 Å². The highest BCUT2D eigenvalue weighted by Gasteiger charge is 2.18. The van der Waals surface area contributed by atoms with Gasteiger partial charge in [-0.15, -0.1) is 0 Å². The van der Waals surface area contributed by atoms with Crippen molar-refractivity contribution in [1.82, 2.24) is 4.90 Å². The summed E-state index contributed by atoms with van der Waals surface area (Å²) in [5.41, 5.74) is 6.73. The van der Waals surface area contributed by atoms with Crippen LogP contribution >= 0.6 is 0 Å². The van der Waals surface area contributed by atoms with E-state index in [0.717, 1.165) is 5.56 Å². The van der Waals surface area contributed by atoms with Gasteiger partial charge in [-0.3, -0.25) is 14.9 Å². The molecule has 0 atom stereocenters. The van der Waals surface area contributed by atoms with Crippen LogP contribution in [-0.2, 0) is 6.54 Å². The summed E-state index contributed by atoms with van der Waals surface area (Å²) in [6, 6.07) is 12.9. The molecule has 2 aromatic rings. The zero-order valence-corrected chi connectivity index (χ0v) is 12.4. The van der Waals surface area contributed by atoms with Crippen LogP contribution in [0, 0.1) is 21.4 Å². The second-order valence-corrected chi connectivity index (χ2v) is 5.00. The maximum absolute atomic E-state index is 12.4. The van der Waals surface area contributed by atoms with E-state index in [4.69, 9.17) is 11.0 Å². The first-order chi connectivity index (χ1) is 10.9. The van der Waals surface area contributed by atoms with Crippen LogP contribution in [0.25, 0.3) is 0 Å². The van der Waals surface area contributed by atoms with E-state index in [0.29, 0.717) is 5.56 Å². The van der Waals surface area contributed by atoms with Crippen molar-refractivity contribution in [1.29, 1.82) is 5.26 Å². The number of carbonyl (C=O) groups excluding carboxylic acids is 1. The molecule has 0 aliphatic carbocycles. The summed E-state index contributed by atoms with van der Waals surface area (Å²) in [5.74, 6) is -0.365. The van der Waals surface area contributed by atoms with E-state index in [1.807, 2.05) is 6.07 Å². The number of nitrogens with zero attached hydrogens (tertiary/aromatic N) is 3. The van der Waals surface area contributed by atoms with Crippen molar-refractivity contribution in [3.63, 3.8) is 0 Å². The van der Waals surface area contributed by atoms with Gasteiger partial charge >= 0.3 is 0 Å². The maximum atomic E-state index is 12.4. The van der Waals surface area contributed by atoms with Crippen molar-refractivity contribution in [2.24, 2.45) is 0 Å². The molecule has 0 bridgehead atoms. The van der Waals surface area contributed by atoms with E-state index < -0.39 is 4.92 Å². The Morgan fingerprint density at radius 3 is 2.74 bits per heavy atom. The molecule has 1 amide bonds. The number of amides is 1. The molecular weight excluding hydrogens is 296 g/mol. The van der Waals surface area contributed by atoms with Gasteiger partial charge in [0.25, 0.3) is 11.6 Å². The molecule has 0 unspecified atom stereocenters. The van der Waals surface area contributed by atoms with E-state index in [-0.39, 0.29) is 29.4 Å². The largest absolute Gasteiger partial charge is 0.393 e. The average Bonchev–Trinajstić information content (AvgIpc) is 2.54. The van der Waals surface area contributed by atoms with Gasteiger partial charge in [-0.2, -0.15) is 5.26 Å². The van der Waals surface area contributed by atoms with Crippen LogP contribution in [0.4, 0.5) is 11.4 Å². The van der Waals surface area contributed by atoms with Crippen LogP contribution in [0.3, 0.4) is 0 Å². The van der Waals surface area contributed by atoms with Gasteiger partial charge in [0.05, 0.1) is 16.6 Å². The van der Waals surface area contributed by atoms with Crippen molar-refractivity contribution < 1.29 is 9.72 Å². The Labute approximate surface area is 132 Å². The lowest BCUT2D eigenvalue weighted by molar-refractivity contribution is -0.383. The quantitative estimate of drug-likeness (QED) is 0.529. The number of nitriles is 1. The van der Waals surface area contributed by atoms with Crippen LogP contribution in [0.15, 0.2) is 42.5 Å². The number of anilines is 1. The maximum Gasteiger partial charge on any atom is 0.292 e. The SMILES string of the molecule is CN(Cc1cccc(C#N)c1)C(=O)c1ccc(N)c([N+](=O)[O-])c1. The summed E-state index contributed by atoms with van der Waals surface area (Å²) in [4.78, 5) is 24.1. The van der Waals surface area contributed by atoms with Crippen LogP contribution in [0.2, 0.25) is 0 Å². The standard InChI is InChI=1S/C16H14N4O3/c1-19(10-12-4-2-3-11(7-12)9-17)16(21)13-5-6-14(18)15(8-13)20(22)23/h2-8H,10,18H2,1H3. The number of benzene rings is 2. The highest BCUT2D eigenvalue weighted by molar-refractivity contribution is 5.95. The van der Waals surface area contributed by atoms with E-state index in [1.54, 1.807) is 31.3 Å². The molecule has 0 aliphatic rings. The van der Waals surface area contributed by atoms with Gasteiger partial charge in [-0.1, -0.05) is 12.1 Å². The Morgan fingerprint density at radius 2 is 2.09 bits per heavy atom. The van der Waals surface area contributed by atoms with Gasteiger partial charge in [0, 0.05) is 25.2 Å². The summed E-state index contributed by atoms with van der Waals surface area (Å²) in [6.45, 7) is 0.284. The Bertz CT molecular complexity index is 811. The van der Waals surface area contributed by atoms with Crippen molar-refractivity contribution in [2.45, 2.75) is 6.54 Å². The molecule has 0 spiro atoms. The topological polar surface area (TPSA) is 113 Å². The predicted octanol–water partition coefficient (Wildman–Crippen LogP) is 2.32. The summed E-state index contributed by atoms with van der Waals surface area (Å²) in [5, 5.41) is 19.8. The fourth-order valence-electron chi connectivity index (χ4n) is 2.14. The second kappa shape index (κ2) is 6.58. The number of hydrogen-bond acceptors (Lipinski definition) is 5. The Morgan fingerprint density at radius 1 is 1.35 bits per heavy atom. The number of nitro benzene ring substituents is 1. The Kier molecular flexibility index (Phi) is 4.57. The number of carbonyl (C=O) groups is 1. The van der Waals surface area contributed by atoms with Crippen LogP contribution in [-0.4, -0.2) is 22.8 Å². The minimum absolute atomic E-state index is 0.0101. The third-order valence-corrected chi connectivity index (χ3v) is 3.30. The van der Waals surface area contributed by atoms with E-state index in [2.05, 4.69) is 0 Å². The zero-order valence-electron chi connectivity index (χ0n) is 12.4. The first-order valence-electron chi connectivity index (χ1n) is 6.71. The number of hydrogen-bond donors (Lipinski definition) is 1. The molecule has 116 valence electrons. The number of nitro groups is 1. The van der Waals surface area contributed by atoms with Gasteiger partial charge in [-0.25, -0.2) is 0 Å². The minimum atomic E-state index is -0.623. The van der Waals surface area contributed by atoms with Gasteiger partial charge in [-0.05, 0) is 29.8 Å². The van der Waals surface area contributed by atoms with Crippen LogP contribution in [0.1, 0.15) is 21.5 Å². The third-order valence-electron chi connectivity index (χ3n) is 3.30. The normalized spacial score (nSPS) is 9.91. The van der Waals surface area contributed by atoms with Gasteiger partial charge in [0.2, 0.25) is 0 Å². The summed E-state index contributed by atoms with van der Waals surface area (Å²) < 4.78 is 0. The van der Waals surface area contributed by atoms with Crippen molar-refractivity contribution in [3.8, 4) is 6.07 Å². The van der Waals surface area contributed by atoms with E-state index >= 15 is 0 Å². The molecular formula is C16H14N4O3. The van der Waals surface area contributed by atoms with Crippen molar-refractivity contribution in [3.05, 3.63) is 69.3 Å². The molecule has 0 aliphatic heterocycles. The monoisotopic (exact) mass is 310 g/mol. The minimum Gasteiger partial charge on any atom is -0.393 e. The lowest BCUT2D eigenvalue weighted by Gasteiger charge is -2.17. The summed E-state index contributed by atoms with van der Waals surface area (Å²) in [7, 11) is 1.59. The van der Waals surface area contributed by atoms with Gasteiger partial charge in [0.1, 0.15) is 5.69 Å². The van der Waals surface area contributed by atoms with Crippen molar-refractivity contribution in [2.75, 3.05) is 12.8 Å². The van der Waals surface area contributed by atoms with E-state index in [1.165, 1.54) is 23.1 Å². The lowest BCUT2D eigenvalue weighted by Crippen LogP contribution is -2.26. The number of nitrogen functional groups attached to an aromatic ring is 1. The van der Waals surface area contributed by atoms with E-state index in [9.17, 15) is 14.9 Å². The lowest BCUT2D eigenvalue weighted by atomic mass is 10.1. The Balaban J connectivity index is 2.21. The molecule has 0 saturated heterocycles. The summed E-state index contributed by atoms with van der Waals surface area (Å²) >= 11 is 0. The molecule has 23 heavy (non-hydrogen) atoms. The molecule has 0 radical (unpaired) electrons. The highest BCUT2D eigenvalue weighted by atomic mass is 16.6. The highest BCUT2D eigenvalue weighted by Crippen LogP contribution is 2.23. The van der Waals surface area contributed by atoms with Gasteiger partial charge < -0.3 is 10.6 Å². The molecule has 7 nitrogen and oxygen atoms in total.